The summed E-state index contributed by atoms with van der Waals surface area (Å²) < 4.78 is 5.29. The molecule has 0 aromatic heterocycles. The molecular weight excluding hydrogens is 215 g/mol. The molecule has 3 heteroatoms. The van der Waals surface area contributed by atoms with Crippen molar-refractivity contribution in [2.45, 2.75) is 12.8 Å². The Morgan fingerprint density at radius 3 is 2.81 bits per heavy atom. The molecule has 3 unspecified atom stereocenters. The van der Waals surface area contributed by atoms with Crippen LogP contribution in [0.5, 0.6) is 0 Å². The second-order valence-corrected chi connectivity index (χ2v) is 7.23. The van der Waals surface area contributed by atoms with Gasteiger partial charge in [-0.15, -0.1) is 0 Å². The maximum absolute atomic E-state index is 2.71. The fourth-order valence-electron chi connectivity index (χ4n) is 2.95. The van der Waals surface area contributed by atoms with Crippen molar-refractivity contribution in [1.29, 1.82) is 0 Å². The van der Waals surface area contributed by atoms with Gasteiger partial charge in [0.25, 0.3) is 0 Å². The third kappa shape index (κ3) is 1.90. The quantitative estimate of drug-likeness (QED) is 0.688. The molecule has 3 rings (SSSR count). The van der Waals surface area contributed by atoms with Crippen LogP contribution < -0.4 is 5.30 Å². The summed E-state index contributed by atoms with van der Waals surface area (Å²) in [5.74, 6) is 0.918. The lowest BCUT2D eigenvalue weighted by Gasteiger charge is -2.48. The van der Waals surface area contributed by atoms with E-state index in [1.807, 2.05) is 0 Å². The lowest BCUT2D eigenvalue weighted by molar-refractivity contribution is 0.209. The Morgan fingerprint density at radius 1 is 1.19 bits per heavy atom. The smallest absolute Gasteiger partial charge is 0.0722 e. The zero-order valence-corrected chi connectivity index (χ0v) is 10.7. The van der Waals surface area contributed by atoms with E-state index in [9.17, 15) is 0 Å². The Kier molecular flexibility index (Phi) is 2.97. The molecule has 0 saturated carbocycles. The average molecular weight is 234 g/mol. The molecular formula is C13H19N2P. The number of piperidine rings is 1. The second kappa shape index (κ2) is 4.44. The van der Waals surface area contributed by atoms with Crippen LogP contribution in [0.25, 0.3) is 0 Å². The molecule has 0 spiro atoms. The van der Waals surface area contributed by atoms with Crippen molar-refractivity contribution in [3.05, 3.63) is 30.3 Å². The van der Waals surface area contributed by atoms with Crippen LogP contribution in [-0.4, -0.2) is 36.0 Å². The van der Waals surface area contributed by atoms with E-state index in [2.05, 4.69) is 46.7 Å². The van der Waals surface area contributed by atoms with Gasteiger partial charge in [-0.25, -0.2) is 0 Å². The van der Waals surface area contributed by atoms with Gasteiger partial charge in [-0.05, 0) is 25.8 Å². The van der Waals surface area contributed by atoms with Crippen LogP contribution in [0.2, 0.25) is 0 Å². The maximum Gasteiger partial charge on any atom is 0.0722 e. The maximum atomic E-state index is 2.71. The van der Waals surface area contributed by atoms with Crippen molar-refractivity contribution in [2.24, 2.45) is 5.92 Å². The van der Waals surface area contributed by atoms with Gasteiger partial charge in [0.1, 0.15) is 0 Å². The van der Waals surface area contributed by atoms with Gasteiger partial charge in [-0.3, -0.25) is 9.34 Å². The van der Waals surface area contributed by atoms with Crippen molar-refractivity contribution >= 4 is 13.5 Å². The van der Waals surface area contributed by atoms with Crippen LogP contribution >= 0.6 is 8.22 Å². The van der Waals surface area contributed by atoms with E-state index in [0.717, 1.165) is 5.92 Å². The first-order chi connectivity index (χ1) is 7.84. The van der Waals surface area contributed by atoms with Gasteiger partial charge in [-0.1, -0.05) is 30.3 Å². The van der Waals surface area contributed by atoms with Gasteiger partial charge in [-0.2, -0.15) is 0 Å². The van der Waals surface area contributed by atoms with Crippen LogP contribution in [0.3, 0.4) is 0 Å². The van der Waals surface area contributed by atoms with Crippen LogP contribution in [0.15, 0.2) is 30.3 Å². The summed E-state index contributed by atoms with van der Waals surface area (Å²) in [6.07, 6.45) is 2.82. The van der Waals surface area contributed by atoms with Crippen molar-refractivity contribution in [2.75, 3.05) is 26.7 Å². The molecule has 3 atom stereocenters. The standard InChI is InChI=1S/C13H19N2P/c1-14-10-12-6-5-9-15(11-12)16(14)13-7-3-2-4-8-13/h2-4,7-8,12H,5-6,9-11H2,1H3. The number of benzene rings is 1. The van der Waals surface area contributed by atoms with Gasteiger partial charge in [0.05, 0.1) is 8.22 Å². The van der Waals surface area contributed by atoms with Crippen molar-refractivity contribution in [3.8, 4) is 0 Å². The highest BCUT2D eigenvalue weighted by Crippen LogP contribution is 2.48. The van der Waals surface area contributed by atoms with Crippen molar-refractivity contribution < 1.29 is 0 Å². The highest BCUT2D eigenvalue weighted by atomic mass is 31.1. The predicted molar refractivity (Wildman–Crippen MR) is 69.9 cm³/mol. The number of nitrogens with zero attached hydrogens (tertiary/aromatic N) is 2. The molecule has 2 bridgehead atoms. The highest BCUT2D eigenvalue weighted by molar-refractivity contribution is 7.61. The minimum Gasteiger partial charge on any atom is -0.269 e. The van der Waals surface area contributed by atoms with E-state index in [1.165, 1.54) is 37.8 Å². The number of hydrogen-bond donors (Lipinski definition) is 0. The first kappa shape index (κ1) is 10.7. The predicted octanol–water partition coefficient (Wildman–Crippen LogP) is 2.28. The molecule has 2 heterocycles. The Morgan fingerprint density at radius 2 is 2.00 bits per heavy atom. The second-order valence-electron chi connectivity index (χ2n) is 4.89. The zero-order chi connectivity index (χ0) is 11.0. The fourth-order valence-corrected chi connectivity index (χ4v) is 5.65. The molecule has 2 fully saturated rings. The van der Waals surface area contributed by atoms with Crippen LogP contribution in [0, 0.1) is 5.92 Å². The summed E-state index contributed by atoms with van der Waals surface area (Å²) in [4.78, 5) is 0. The highest BCUT2D eigenvalue weighted by Gasteiger charge is 2.35. The summed E-state index contributed by atoms with van der Waals surface area (Å²) in [6.45, 7) is 3.91. The van der Waals surface area contributed by atoms with Crippen LogP contribution in [-0.2, 0) is 0 Å². The number of rotatable bonds is 1. The average Bonchev–Trinajstić information content (AvgIpc) is 2.30. The molecule has 0 N–H and O–H groups in total. The van der Waals surface area contributed by atoms with Crippen molar-refractivity contribution in [3.63, 3.8) is 0 Å². The minimum absolute atomic E-state index is 0.200. The first-order valence-corrected chi connectivity index (χ1v) is 7.40. The Bertz CT molecular complexity index is 352. The van der Waals surface area contributed by atoms with Crippen LogP contribution in [0.4, 0.5) is 0 Å². The summed E-state index contributed by atoms with van der Waals surface area (Å²) in [7, 11) is 2.09. The van der Waals surface area contributed by atoms with Gasteiger partial charge < -0.3 is 0 Å². The molecule has 0 aliphatic carbocycles. The van der Waals surface area contributed by atoms with Gasteiger partial charge in [0.2, 0.25) is 0 Å². The van der Waals surface area contributed by atoms with Gasteiger partial charge in [0.15, 0.2) is 0 Å². The molecule has 1 aromatic carbocycles. The Balaban J connectivity index is 1.88. The van der Waals surface area contributed by atoms with E-state index in [4.69, 9.17) is 0 Å². The van der Waals surface area contributed by atoms with E-state index < -0.39 is 0 Å². The van der Waals surface area contributed by atoms with Crippen molar-refractivity contribution in [1.82, 2.24) is 9.34 Å². The normalized spacial score (nSPS) is 34.9. The largest absolute Gasteiger partial charge is 0.269 e. The zero-order valence-electron chi connectivity index (χ0n) is 9.84. The number of fused-ring (bicyclic) bond motifs is 2. The lowest BCUT2D eigenvalue weighted by atomic mass is 10.00. The number of hydrogen-bond acceptors (Lipinski definition) is 2. The SMILES string of the molecule is CN1CC2CCCN(C2)P1c1ccccc1. The monoisotopic (exact) mass is 234 g/mol. The minimum atomic E-state index is -0.200. The molecule has 2 nitrogen and oxygen atoms in total. The van der Waals surface area contributed by atoms with E-state index >= 15 is 0 Å². The molecule has 1 aromatic rings. The summed E-state index contributed by atoms with van der Waals surface area (Å²) in [6, 6.07) is 11.0. The van der Waals surface area contributed by atoms with Gasteiger partial charge >= 0.3 is 0 Å². The first-order valence-electron chi connectivity index (χ1n) is 6.15. The molecule has 0 radical (unpaired) electrons. The molecule has 16 heavy (non-hydrogen) atoms. The third-order valence-electron chi connectivity index (χ3n) is 3.60. The van der Waals surface area contributed by atoms with E-state index in [-0.39, 0.29) is 8.22 Å². The molecule has 0 amide bonds. The molecule has 2 saturated heterocycles. The fraction of sp³-hybridized carbons (Fsp3) is 0.538. The Labute approximate surface area is 99.1 Å². The summed E-state index contributed by atoms with van der Waals surface area (Å²) >= 11 is 0. The molecule has 2 aliphatic heterocycles. The summed E-state index contributed by atoms with van der Waals surface area (Å²) in [5, 5.41) is 1.51. The molecule has 86 valence electrons. The lowest BCUT2D eigenvalue weighted by Crippen LogP contribution is -2.47. The van der Waals surface area contributed by atoms with Crippen LogP contribution in [0.1, 0.15) is 12.8 Å². The topological polar surface area (TPSA) is 6.48 Å². The molecule has 2 aliphatic rings. The van der Waals surface area contributed by atoms with E-state index in [1.54, 1.807) is 0 Å². The van der Waals surface area contributed by atoms with Gasteiger partial charge in [0, 0.05) is 24.9 Å². The summed E-state index contributed by atoms with van der Waals surface area (Å²) in [5.41, 5.74) is 0. The Hall–Kier alpha value is -0.430. The van der Waals surface area contributed by atoms with E-state index in [0.29, 0.717) is 0 Å². The third-order valence-corrected chi connectivity index (χ3v) is 6.07.